The fourth-order valence-electron chi connectivity index (χ4n) is 3.38. The monoisotopic (exact) mass is 464 g/mol. The molecule has 1 heterocycles. The molecule has 30 heavy (non-hydrogen) atoms. The first kappa shape index (κ1) is 23.1. The second-order valence-electron chi connectivity index (χ2n) is 7.17. The van der Waals surface area contributed by atoms with Crippen LogP contribution in [0.4, 0.5) is 10.8 Å². The van der Waals surface area contributed by atoms with Crippen molar-refractivity contribution in [1.29, 1.82) is 0 Å². The molecule has 0 saturated heterocycles. The van der Waals surface area contributed by atoms with E-state index in [1.165, 1.54) is 29.7 Å². The minimum atomic E-state index is -0.250. The van der Waals surface area contributed by atoms with Crippen molar-refractivity contribution < 1.29 is 9.59 Å². The minimum absolute atomic E-state index is 0.0802. The van der Waals surface area contributed by atoms with Crippen molar-refractivity contribution in [1.82, 2.24) is 9.36 Å². The van der Waals surface area contributed by atoms with Crippen molar-refractivity contribution >= 4 is 57.7 Å². The fourth-order valence-corrected chi connectivity index (χ4v) is 5.66. The van der Waals surface area contributed by atoms with Crippen molar-refractivity contribution in [3.8, 4) is 0 Å². The van der Waals surface area contributed by atoms with Crippen molar-refractivity contribution in [2.45, 2.75) is 67.7 Å². The summed E-state index contributed by atoms with van der Waals surface area (Å²) in [5, 5.41) is 6.92. The van der Waals surface area contributed by atoms with Crippen LogP contribution in [0.25, 0.3) is 0 Å². The number of carbonyl (C=O) groups is 2. The number of anilines is 2. The predicted octanol–water partition coefficient (Wildman–Crippen LogP) is 5.68. The zero-order valence-corrected chi connectivity index (χ0v) is 19.8. The van der Waals surface area contributed by atoms with E-state index in [4.69, 9.17) is 0 Å². The van der Waals surface area contributed by atoms with E-state index in [0.29, 0.717) is 16.7 Å². The molecule has 1 aliphatic rings. The molecule has 1 aliphatic carbocycles. The number of hydrogen-bond acceptors (Lipinski definition) is 7. The van der Waals surface area contributed by atoms with Gasteiger partial charge in [0.2, 0.25) is 22.1 Å². The first-order chi connectivity index (χ1) is 14.6. The Morgan fingerprint density at radius 3 is 2.73 bits per heavy atom. The van der Waals surface area contributed by atoms with Gasteiger partial charge in [0.15, 0.2) is 0 Å². The smallest absolute Gasteiger partial charge is 0.239 e. The number of benzene rings is 1. The van der Waals surface area contributed by atoms with Gasteiger partial charge in [0.25, 0.3) is 0 Å². The molecule has 1 atom stereocenters. The maximum absolute atomic E-state index is 12.7. The maximum Gasteiger partial charge on any atom is 0.239 e. The summed E-state index contributed by atoms with van der Waals surface area (Å²) in [4.78, 5) is 30.5. The van der Waals surface area contributed by atoms with Crippen LogP contribution in [0.5, 0.6) is 0 Å². The first-order valence-corrected chi connectivity index (χ1v) is 13.1. The second kappa shape index (κ2) is 11.7. The van der Waals surface area contributed by atoms with Gasteiger partial charge in [-0.05, 0) is 43.2 Å². The minimum Gasteiger partial charge on any atom is -0.326 e. The van der Waals surface area contributed by atoms with Gasteiger partial charge >= 0.3 is 0 Å². The summed E-state index contributed by atoms with van der Waals surface area (Å²) in [5.74, 6) is 1.04. The summed E-state index contributed by atoms with van der Waals surface area (Å²) < 4.78 is 4.24. The number of hydrogen-bond donors (Lipinski definition) is 2. The van der Waals surface area contributed by atoms with Gasteiger partial charge in [-0.25, -0.2) is 0 Å². The largest absolute Gasteiger partial charge is 0.326 e. The topological polar surface area (TPSA) is 84.0 Å². The van der Waals surface area contributed by atoms with Crippen molar-refractivity contribution in [3.63, 3.8) is 0 Å². The molecular weight excluding hydrogens is 436 g/mol. The van der Waals surface area contributed by atoms with Crippen LogP contribution in [0.2, 0.25) is 0 Å². The molecule has 9 heteroatoms. The molecule has 0 bridgehead atoms. The standard InChI is InChI=1S/C21H28N4O2S3/c1-3-17(19(27)23-20-24-21(25-30-20)28-4-2)29-16-12-8-11-15(13-16)22-18(26)14-9-6-5-7-10-14/h8,11-14,17H,3-7,9-10H2,1-2H3,(H,22,26)(H,23,24,25,27). The lowest BCUT2D eigenvalue weighted by Crippen LogP contribution is -2.25. The van der Waals surface area contributed by atoms with Gasteiger partial charge in [-0.1, -0.05) is 50.9 Å². The van der Waals surface area contributed by atoms with E-state index in [1.54, 1.807) is 11.8 Å². The van der Waals surface area contributed by atoms with Gasteiger partial charge in [0.05, 0.1) is 5.25 Å². The Kier molecular flexibility index (Phi) is 9.02. The zero-order valence-electron chi connectivity index (χ0n) is 17.3. The normalized spacial score (nSPS) is 15.5. The molecule has 1 aromatic carbocycles. The maximum atomic E-state index is 12.7. The Balaban J connectivity index is 1.58. The van der Waals surface area contributed by atoms with E-state index >= 15 is 0 Å². The highest BCUT2D eigenvalue weighted by Gasteiger charge is 2.22. The van der Waals surface area contributed by atoms with Crippen LogP contribution in [-0.2, 0) is 9.59 Å². The molecule has 1 unspecified atom stereocenters. The molecular formula is C21H28N4O2S3. The number of thioether (sulfide) groups is 2. The van der Waals surface area contributed by atoms with Crippen LogP contribution in [0.3, 0.4) is 0 Å². The Bertz CT molecular complexity index is 852. The summed E-state index contributed by atoms with van der Waals surface area (Å²) >= 11 is 4.26. The van der Waals surface area contributed by atoms with Gasteiger partial charge in [0.1, 0.15) is 0 Å². The number of amides is 2. The third kappa shape index (κ3) is 6.72. The predicted molar refractivity (Wildman–Crippen MR) is 127 cm³/mol. The number of rotatable bonds is 9. The molecule has 0 radical (unpaired) electrons. The number of aromatic nitrogens is 2. The van der Waals surface area contributed by atoms with Crippen LogP contribution in [0, 0.1) is 5.92 Å². The van der Waals surface area contributed by atoms with Crippen molar-refractivity contribution in [3.05, 3.63) is 24.3 Å². The van der Waals surface area contributed by atoms with E-state index < -0.39 is 0 Å². The quantitative estimate of drug-likeness (QED) is 0.465. The van der Waals surface area contributed by atoms with Gasteiger partial charge < -0.3 is 5.32 Å². The van der Waals surface area contributed by atoms with E-state index in [1.807, 2.05) is 38.1 Å². The van der Waals surface area contributed by atoms with Gasteiger partial charge in [-0.2, -0.15) is 9.36 Å². The third-order valence-electron chi connectivity index (χ3n) is 4.93. The molecule has 3 rings (SSSR count). The molecule has 6 nitrogen and oxygen atoms in total. The number of nitrogens with zero attached hydrogens (tertiary/aromatic N) is 2. The summed E-state index contributed by atoms with van der Waals surface area (Å²) in [6.07, 6.45) is 6.13. The van der Waals surface area contributed by atoms with Crippen molar-refractivity contribution in [2.24, 2.45) is 5.92 Å². The fraction of sp³-hybridized carbons (Fsp3) is 0.524. The highest BCUT2D eigenvalue weighted by Crippen LogP contribution is 2.30. The Hall–Kier alpha value is -1.58. The SMILES string of the molecule is CCSc1nsc(NC(=O)C(CC)Sc2cccc(NC(=O)C3CCCCC3)c2)n1. The van der Waals surface area contributed by atoms with Gasteiger partial charge in [-0.3, -0.25) is 14.9 Å². The summed E-state index contributed by atoms with van der Waals surface area (Å²) in [7, 11) is 0. The number of carbonyl (C=O) groups excluding carboxylic acids is 2. The van der Waals surface area contributed by atoms with E-state index in [-0.39, 0.29) is 23.0 Å². The molecule has 2 amide bonds. The third-order valence-corrected chi connectivity index (χ3v) is 7.76. The lowest BCUT2D eigenvalue weighted by Gasteiger charge is -2.21. The van der Waals surface area contributed by atoms with E-state index in [0.717, 1.165) is 42.0 Å². The van der Waals surface area contributed by atoms with E-state index in [9.17, 15) is 9.59 Å². The van der Waals surface area contributed by atoms with Crippen LogP contribution < -0.4 is 10.6 Å². The molecule has 2 aromatic rings. The molecule has 1 saturated carbocycles. The lowest BCUT2D eigenvalue weighted by atomic mass is 9.88. The Labute approximate surface area is 190 Å². The highest BCUT2D eigenvalue weighted by molar-refractivity contribution is 8.00. The zero-order chi connectivity index (χ0) is 21.3. The molecule has 2 N–H and O–H groups in total. The first-order valence-electron chi connectivity index (χ1n) is 10.4. The van der Waals surface area contributed by atoms with Crippen LogP contribution in [0.1, 0.15) is 52.4 Å². The molecule has 1 aromatic heterocycles. The summed E-state index contributed by atoms with van der Waals surface area (Å²) in [6, 6.07) is 7.74. The van der Waals surface area contributed by atoms with Gasteiger partial charge in [0, 0.05) is 28.0 Å². The molecule has 162 valence electrons. The second-order valence-corrected chi connectivity index (χ2v) is 10.4. The average Bonchev–Trinajstić information content (AvgIpc) is 3.20. The summed E-state index contributed by atoms with van der Waals surface area (Å²) in [5.41, 5.74) is 0.788. The molecule has 0 aliphatic heterocycles. The van der Waals surface area contributed by atoms with Crippen LogP contribution >= 0.6 is 35.1 Å². The van der Waals surface area contributed by atoms with Gasteiger partial charge in [-0.15, -0.1) is 11.8 Å². The number of nitrogens with one attached hydrogen (secondary N) is 2. The highest BCUT2D eigenvalue weighted by atomic mass is 32.2. The average molecular weight is 465 g/mol. The Morgan fingerprint density at radius 1 is 1.20 bits per heavy atom. The van der Waals surface area contributed by atoms with Crippen molar-refractivity contribution in [2.75, 3.05) is 16.4 Å². The molecule has 1 fully saturated rings. The summed E-state index contributed by atoms with van der Waals surface area (Å²) in [6.45, 7) is 4.03. The van der Waals surface area contributed by atoms with Crippen LogP contribution in [0.15, 0.2) is 34.3 Å². The Morgan fingerprint density at radius 2 is 2.00 bits per heavy atom. The van der Waals surface area contributed by atoms with E-state index in [2.05, 4.69) is 20.0 Å². The molecule has 0 spiro atoms. The van der Waals surface area contributed by atoms with Crippen LogP contribution in [-0.4, -0.2) is 32.2 Å². The lowest BCUT2D eigenvalue weighted by molar-refractivity contribution is -0.120.